The summed E-state index contributed by atoms with van der Waals surface area (Å²) >= 11 is 0. The van der Waals surface area contributed by atoms with E-state index in [1.54, 1.807) is 0 Å². The highest BCUT2D eigenvalue weighted by Gasteiger charge is 2.15. The number of nitrogens with zero attached hydrogens (tertiary/aromatic N) is 3. The summed E-state index contributed by atoms with van der Waals surface area (Å²) < 4.78 is 5.41. The van der Waals surface area contributed by atoms with Crippen molar-refractivity contribution >= 4 is 35.6 Å². The summed E-state index contributed by atoms with van der Waals surface area (Å²) in [6, 6.07) is 8.81. The highest BCUT2D eigenvalue weighted by atomic mass is 127. The van der Waals surface area contributed by atoms with Gasteiger partial charge in [0, 0.05) is 38.4 Å². The lowest BCUT2D eigenvalue weighted by Gasteiger charge is -2.28. The van der Waals surface area contributed by atoms with Crippen LogP contribution in [0, 0.1) is 0 Å². The molecule has 134 valence electrons. The number of nitrogens with one attached hydrogen (secondary N) is 1. The molecule has 3 rings (SSSR count). The molecule has 2 aliphatic rings. The van der Waals surface area contributed by atoms with Crippen molar-refractivity contribution in [3.05, 3.63) is 29.8 Å². The van der Waals surface area contributed by atoms with Crippen molar-refractivity contribution in [2.75, 3.05) is 50.8 Å². The van der Waals surface area contributed by atoms with Gasteiger partial charge >= 0.3 is 0 Å². The molecule has 0 aromatic heterocycles. The highest BCUT2D eigenvalue weighted by molar-refractivity contribution is 14.0. The number of hydrogen-bond donors (Lipinski definition) is 1. The predicted molar refractivity (Wildman–Crippen MR) is 111 cm³/mol. The van der Waals surface area contributed by atoms with Gasteiger partial charge in [-0.15, -0.1) is 24.0 Å². The van der Waals surface area contributed by atoms with Crippen LogP contribution in [0.1, 0.15) is 25.3 Å². The molecule has 2 saturated heterocycles. The Kier molecular flexibility index (Phi) is 8.11. The van der Waals surface area contributed by atoms with Crippen LogP contribution in [0.4, 0.5) is 5.69 Å². The summed E-state index contributed by atoms with van der Waals surface area (Å²) in [5, 5.41) is 3.41. The lowest BCUT2D eigenvalue weighted by molar-refractivity contribution is 0.122. The van der Waals surface area contributed by atoms with Crippen molar-refractivity contribution in [2.24, 2.45) is 4.99 Å². The molecule has 6 heteroatoms. The van der Waals surface area contributed by atoms with Crippen LogP contribution in [-0.2, 0) is 11.3 Å². The maximum atomic E-state index is 5.41. The molecular formula is C18H29IN4O. The van der Waals surface area contributed by atoms with E-state index in [-0.39, 0.29) is 24.0 Å². The van der Waals surface area contributed by atoms with Crippen LogP contribution in [0.15, 0.2) is 29.3 Å². The Bertz CT molecular complexity index is 508. The Balaban J connectivity index is 0.00000208. The fourth-order valence-electron chi connectivity index (χ4n) is 3.15. The van der Waals surface area contributed by atoms with Crippen LogP contribution in [0.25, 0.3) is 0 Å². The highest BCUT2D eigenvalue weighted by Crippen LogP contribution is 2.17. The molecular weight excluding hydrogens is 415 g/mol. The molecule has 0 unspecified atom stereocenters. The summed E-state index contributed by atoms with van der Waals surface area (Å²) in [4.78, 5) is 9.55. The van der Waals surface area contributed by atoms with E-state index in [1.165, 1.54) is 24.1 Å². The second kappa shape index (κ2) is 10.1. The molecule has 2 heterocycles. The minimum Gasteiger partial charge on any atom is -0.378 e. The van der Waals surface area contributed by atoms with E-state index in [1.807, 2.05) is 0 Å². The van der Waals surface area contributed by atoms with Crippen molar-refractivity contribution in [1.82, 2.24) is 10.2 Å². The first kappa shape index (κ1) is 19.3. The van der Waals surface area contributed by atoms with Crippen molar-refractivity contribution in [3.63, 3.8) is 0 Å². The van der Waals surface area contributed by atoms with Crippen LogP contribution in [-0.4, -0.2) is 56.8 Å². The fraction of sp³-hybridized carbons (Fsp3) is 0.611. The monoisotopic (exact) mass is 444 g/mol. The third-order valence-electron chi connectivity index (χ3n) is 4.46. The van der Waals surface area contributed by atoms with Gasteiger partial charge in [0.1, 0.15) is 0 Å². The second-order valence-corrected chi connectivity index (χ2v) is 6.13. The van der Waals surface area contributed by atoms with Crippen molar-refractivity contribution in [3.8, 4) is 0 Å². The molecule has 2 fully saturated rings. The largest absolute Gasteiger partial charge is 0.378 e. The minimum absolute atomic E-state index is 0. The van der Waals surface area contributed by atoms with Crippen molar-refractivity contribution in [2.45, 2.75) is 26.3 Å². The molecule has 2 aliphatic heterocycles. The molecule has 0 saturated carbocycles. The van der Waals surface area contributed by atoms with E-state index in [4.69, 9.17) is 9.73 Å². The molecule has 0 amide bonds. The molecule has 0 aliphatic carbocycles. The molecule has 0 bridgehead atoms. The van der Waals surface area contributed by atoms with Crippen LogP contribution in [0.5, 0.6) is 0 Å². The maximum Gasteiger partial charge on any atom is 0.194 e. The van der Waals surface area contributed by atoms with E-state index in [2.05, 4.69) is 46.3 Å². The number of rotatable bonds is 4. The number of likely N-dealkylation sites (tertiary alicyclic amines) is 1. The van der Waals surface area contributed by atoms with Crippen molar-refractivity contribution in [1.29, 1.82) is 0 Å². The number of morpholine rings is 1. The van der Waals surface area contributed by atoms with Gasteiger partial charge in [-0.1, -0.05) is 12.1 Å². The standard InChI is InChI=1S/C18H28N4O.HI/c1-2-19-18(22-9-3-4-10-22)20-15-16-5-7-17(8-6-16)21-11-13-23-14-12-21;/h5-8H,2-4,9-15H2,1H3,(H,19,20);1H. The first-order valence-electron chi connectivity index (χ1n) is 8.81. The molecule has 1 N–H and O–H groups in total. The average molecular weight is 444 g/mol. The van der Waals surface area contributed by atoms with Gasteiger partial charge in [0.2, 0.25) is 0 Å². The molecule has 24 heavy (non-hydrogen) atoms. The lowest BCUT2D eigenvalue weighted by atomic mass is 10.2. The van der Waals surface area contributed by atoms with E-state index in [9.17, 15) is 0 Å². The predicted octanol–water partition coefficient (Wildman–Crippen LogP) is 2.70. The molecule has 0 atom stereocenters. The SMILES string of the molecule is CCNC(=NCc1ccc(N2CCOCC2)cc1)N1CCCC1.I. The number of aliphatic imine (C=N–C) groups is 1. The summed E-state index contributed by atoms with van der Waals surface area (Å²) in [6.45, 7) is 9.66. The zero-order valence-corrected chi connectivity index (χ0v) is 16.9. The van der Waals surface area contributed by atoms with Gasteiger partial charge in [0.15, 0.2) is 5.96 Å². The number of halogens is 1. The number of guanidine groups is 1. The first-order chi connectivity index (χ1) is 11.4. The molecule has 0 spiro atoms. The zero-order valence-electron chi connectivity index (χ0n) is 14.5. The third-order valence-corrected chi connectivity index (χ3v) is 4.46. The first-order valence-corrected chi connectivity index (χ1v) is 8.81. The van der Waals surface area contributed by atoms with Crippen LogP contribution in [0.2, 0.25) is 0 Å². The molecule has 1 aromatic carbocycles. The Labute approximate surface area is 162 Å². The van der Waals surface area contributed by atoms with Crippen LogP contribution >= 0.6 is 24.0 Å². The Hall–Kier alpha value is -1.02. The van der Waals surface area contributed by atoms with Crippen molar-refractivity contribution < 1.29 is 4.74 Å². The minimum atomic E-state index is 0. The van der Waals surface area contributed by atoms with E-state index in [0.29, 0.717) is 0 Å². The smallest absolute Gasteiger partial charge is 0.194 e. The second-order valence-electron chi connectivity index (χ2n) is 6.13. The van der Waals surface area contributed by atoms with Crippen LogP contribution in [0.3, 0.4) is 0 Å². The molecule has 5 nitrogen and oxygen atoms in total. The Morgan fingerprint density at radius 1 is 1.08 bits per heavy atom. The summed E-state index contributed by atoms with van der Waals surface area (Å²) in [5.41, 5.74) is 2.55. The van der Waals surface area contributed by atoms with Gasteiger partial charge in [-0.05, 0) is 37.5 Å². The third kappa shape index (κ3) is 5.24. The number of benzene rings is 1. The maximum absolute atomic E-state index is 5.41. The summed E-state index contributed by atoms with van der Waals surface area (Å²) in [7, 11) is 0. The van der Waals surface area contributed by atoms with Gasteiger partial charge in [-0.2, -0.15) is 0 Å². The molecule has 0 radical (unpaired) electrons. The Morgan fingerprint density at radius 3 is 2.38 bits per heavy atom. The van der Waals surface area contributed by atoms with Gasteiger partial charge in [0.25, 0.3) is 0 Å². The normalized spacial score (nSPS) is 18.5. The fourth-order valence-corrected chi connectivity index (χ4v) is 3.15. The molecule has 1 aromatic rings. The average Bonchev–Trinajstić information content (AvgIpc) is 3.14. The van der Waals surface area contributed by atoms with Crippen LogP contribution < -0.4 is 10.2 Å². The topological polar surface area (TPSA) is 40.1 Å². The summed E-state index contributed by atoms with van der Waals surface area (Å²) in [6.07, 6.45) is 2.55. The van der Waals surface area contributed by atoms with Gasteiger partial charge in [-0.3, -0.25) is 0 Å². The lowest BCUT2D eigenvalue weighted by Crippen LogP contribution is -2.39. The van der Waals surface area contributed by atoms with Gasteiger partial charge in [0.05, 0.1) is 19.8 Å². The van der Waals surface area contributed by atoms with Gasteiger partial charge < -0.3 is 19.9 Å². The number of ether oxygens (including phenoxy) is 1. The van der Waals surface area contributed by atoms with Gasteiger partial charge in [-0.25, -0.2) is 4.99 Å². The van der Waals surface area contributed by atoms with E-state index in [0.717, 1.165) is 58.4 Å². The van der Waals surface area contributed by atoms with E-state index >= 15 is 0 Å². The zero-order chi connectivity index (χ0) is 15.9. The van der Waals surface area contributed by atoms with E-state index < -0.39 is 0 Å². The Morgan fingerprint density at radius 2 is 1.75 bits per heavy atom. The number of anilines is 1. The quantitative estimate of drug-likeness (QED) is 0.441. The number of hydrogen-bond acceptors (Lipinski definition) is 3. The summed E-state index contributed by atoms with van der Waals surface area (Å²) in [5.74, 6) is 1.06.